The predicted octanol–water partition coefficient (Wildman–Crippen LogP) is 2.28. The van der Waals surface area contributed by atoms with Crippen molar-refractivity contribution in [1.82, 2.24) is 9.38 Å². The summed E-state index contributed by atoms with van der Waals surface area (Å²) in [4.78, 5) is 4.05. The Morgan fingerprint density at radius 1 is 1.29 bits per heavy atom. The molecular weight excluding hydrogens is 266 g/mol. The van der Waals surface area contributed by atoms with Crippen molar-refractivity contribution in [3.63, 3.8) is 0 Å². The standard InChI is InChI=1S/C16H13N3O2/c17-7-15-12(9-19-6-2-1-3-16(15)19)11-21-14-5-4-13(10-20)18-8-14/h1-6,8-9,20H,10-11H2. The van der Waals surface area contributed by atoms with Crippen molar-refractivity contribution in [2.45, 2.75) is 13.2 Å². The maximum Gasteiger partial charge on any atom is 0.138 e. The van der Waals surface area contributed by atoms with Crippen LogP contribution < -0.4 is 4.74 Å². The van der Waals surface area contributed by atoms with Crippen molar-refractivity contribution >= 4 is 5.52 Å². The SMILES string of the molecule is N#Cc1c(COc2ccc(CO)nc2)cn2ccccc12. The summed E-state index contributed by atoms with van der Waals surface area (Å²) in [6.45, 7) is 0.203. The first-order valence-electron chi connectivity index (χ1n) is 6.49. The van der Waals surface area contributed by atoms with E-state index in [4.69, 9.17) is 9.84 Å². The Bertz CT molecular complexity index is 800. The molecule has 5 heteroatoms. The Hall–Kier alpha value is -2.84. The summed E-state index contributed by atoms with van der Waals surface area (Å²) < 4.78 is 7.56. The van der Waals surface area contributed by atoms with Crippen LogP contribution in [0.3, 0.4) is 0 Å². The zero-order chi connectivity index (χ0) is 14.7. The molecule has 0 aromatic carbocycles. The topological polar surface area (TPSA) is 70.5 Å². The number of pyridine rings is 2. The monoisotopic (exact) mass is 279 g/mol. The molecule has 0 bridgehead atoms. The fourth-order valence-electron chi connectivity index (χ4n) is 2.17. The molecule has 0 atom stereocenters. The Morgan fingerprint density at radius 3 is 2.90 bits per heavy atom. The fraction of sp³-hybridized carbons (Fsp3) is 0.125. The summed E-state index contributed by atoms with van der Waals surface area (Å²) in [7, 11) is 0. The third-order valence-corrected chi connectivity index (χ3v) is 3.23. The number of nitrogens with zero attached hydrogens (tertiary/aromatic N) is 3. The molecule has 3 aromatic heterocycles. The van der Waals surface area contributed by atoms with Crippen molar-refractivity contribution in [3.05, 3.63) is 65.7 Å². The molecule has 0 saturated heterocycles. The van der Waals surface area contributed by atoms with Crippen LogP contribution in [0.4, 0.5) is 0 Å². The van der Waals surface area contributed by atoms with Gasteiger partial charge in [-0.15, -0.1) is 0 Å². The minimum Gasteiger partial charge on any atom is -0.487 e. The number of rotatable bonds is 4. The van der Waals surface area contributed by atoms with E-state index >= 15 is 0 Å². The van der Waals surface area contributed by atoms with Crippen LogP contribution >= 0.6 is 0 Å². The lowest BCUT2D eigenvalue weighted by Crippen LogP contribution is -1.97. The molecule has 1 N–H and O–H groups in total. The summed E-state index contributed by atoms with van der Waals surface area (Å²) >= 11 is 0. The largest absolute Gasteiger partial charge is 0.487 e. The maximum absolute atomic E-state index is 9.31. The smallest absolute Gasteiger partial charge is 0.138 e. The highest BCUT2D eigenvalue weighted by atomic mass is 16.5. The molecule has 0 spiro atoms. The number of hydrogen-bond acceptors (Lipinski definition) is 4. The fourth-order valence-corrected chi connectivity index (χ4v) is 2.17. The van der Waals surface area contributed by atoms with Crippen LogP contribution in [-0.2, 0) is 13.2 Å². The lowest BCUT2D eigenvalue weighted by atomic mass is 10.2. The van der Waals surface area contributed by atoms with Gasteiger partial charge >= 0.3 is 0 Å². The van der Waals surface area contributed by atoms with Gasteiger partial charge in [-0.25, -0.2) is 0 Å². The van der Waals surface area contributed by atoms with Crippen LogP contribution in [0.1, 0.15) is 16.8 Å². The number of ether oxygens (including phenoxy) is 1. The van der Waals surface area contributed by atoms with Gasteiger partial charge in [-0.3, -0.25) is 4.98 Å². The van der Waals surface area contributed by atoms with Crippen LogP contribution in [0.25, 0.3) is 5.52 Å². The first-order chi connectivity index (χ1) is 10.3. The van der Waals surface area contributed by atoms with Gasteiger partial charge in [0.25, 0.3) is 0 Å². The van der Waals surface area contributed by atoms with E-state index in [1.165, 1.54) is 0 Å². The van der Waals surface area contributed by atoms with E-state index in [1.54, 1.807) is 18.3 Å². The highest BCUT2D eigenvalue weighted by Gasteiger charge is 2.10. The highest BCUT2D eigenvalue weighted by molar-refractivity contribution is 5.65. The first kappa shape index (κ1) is 13.2. The van der Waals surface area contributed by atoms with Crippen molar-refractivity contribution in [3.8, 4) is 11.8 Å². The van der Waals surface area contributed by atoms with E-state index in [1.807, 2.05) is 35.0 Å². The second-order valence-electron chi connectivity index (χ2n) is 4.57. The lowest BCUT2D eigenvalue weighted by Gasteiger charge is -2.05. The molecule has 0 fully saturated rings. The zero-order valence-electron chi connectivity index (χ0n) is 11.2. The van der Waals surface area contributed by atoms with E-state index in [0.29, 0.717) is 23.6 Å². The first-order valence-corrected chi connectivity index (χ1v) is 6.49. The molecular formula is C16H13N3O2. The number of aliphatic hydroxyl groups excluding tert-OH is 1. The number of aromatic nitrogens is 2. The van der Waals surface area contributed by atoms with E-state index < -0.39 is 0 Å². The molecule has 0 radical (unpaired) electrons. The minimum atomic E-state index is -0.0935. The van der Waals surface area contributed by atoms with E-state index in [2.05, 4.69) is 11.1 Å². The lowest BCUT2D eigenvalue weighted by molar-refractivity contribution is 0.275. The van der Waals surface area contributed by atoms with Gasteiger partial charge < -0.3 is 14.2 Å². The normalized spacial score (nSPS) is 10.5. The average Bonchev–Trinajstić information content (AvgIpc) is 2.91. The van der Waals surface area contributed by atoms with Crippen LogP contribution in [0.5, 0.6) is 5.75 Å². The van der Waals surface area contributed by atoms with Crippen LogP contribution in [0.2, 0.25) is 0 Å². The molecule has 0 amide bonds. The summed E-state index contributed by atoms with van der Waals surface area (Å²) in [6.07, 6.45) is 5.36. The summed E-state index contributed by atoms with van der Waals surface area (Å²) in [5.41, 5.74) is 2.91. The van der Waals surface area contributed by atoms with Gasteiger partial charge in [0.2, 0.25) is 0 Å². The van der Waals surface area contributed by atoms with E-state index in [0.717, 1.165) is 11.1 Å². The van der Waals surface area contributed by atoms with E-state index in [9.17, 15) is 5.26 Å². The molecule has 21 heavy (non-hydrogen) atoms. The van der Waals surface area contributed by atoms with Crippen molar-refractivity contribution in [2.24, 2.45) is 0 Å². The Morgan fingerprint density at radius 2 is 2.19 bits per heavy atom. The van der Waals surface area contributed by atoms with E-state index in [-0.39, 0.29) is 6.61 Å². The van der Waals surface area contributed by atoms with Gasteiger partial charge in [-0.05, 0) is 24.3 Å². The molecule has 5 nitrogen and oxygen atoms in total. The van der Waals surface area contributed by atoms with Gasteiger partial charge in [-0.1, -0.05) is 6.07 Å². The van der Waals surface area contributed by atoms with Crippen molar-refractivity contribution < 1.29 is 9.84 Å². The predicted molar refractivity (Wildman–Crippen MR) is 76.6 cm³/mol. The second-order valence-corrected chi connectivity index (χ2v) is 4.57. The summed E-state index contributed by atoms with van der Waals surface area (Å²) in [6, 6.07) is 11.4. The molecule has 0 aliphatic carbocycles. The van der Waals surface area contributed by atoms with Gasteiger partial charge in [-0.2, -0.15) is 5.26 Å². The second kappa shape index (κ2) is 5.65. The number of fused-ring (bicyclic) bond motifs is 1. The van der Waals surface area contributed by atoms with Gasteiger partial charge in [0.1, 0.15) is 18.4 Å². The Balaban J connectivity index is 1.83. The zero-order valence-corrected chi connectivity index (χ0v) is 11.2. The number of aliphatic hydroxyl groups is 1. The average molecular weight is 279 g/mol. The molecule has 104 valence electrons. The maximum atomic E-state index is 9.31. The summed E-state index contributed by atoms with van der Waals surface area (Å²) in [5, 5.41) is 18.3. The van der Waals surface area contributed by atoms with Crippen molar-refractivity contribution in [2.75, 3.05) is 0 Å². The third-order valence-electron chi connectivity index (χ3n) is 3.23. The number of nitriles is 1. The quantitative estimate of drug-likeness (QED) is 0.795. The van der Waals surface area contributed by atoms with Gasteiger partial charge in [0.05, 0.1) is 29.6 Å². The summed E-state index contributed by atoms with van der Waals surface area (Å²) in [5.74, 6) is 0.603. The van der Waals surface area contributed by atoms with Crippen LogP contribution in [0.15, 0.2) is 48.9 Å². The van der Waals surface area contributed by atoms with Crippen molar-refractivity contribution in [1.29, 1.82) is 5.26 Å². The molecule has 0 unspecified atom stereocenters. The third kappa shape index (κ3) is 2.57. The highest BCUT2D eigenvalue weighted by Crippen LogP contribution is 2.20. The minimum absolute atomic E-state index is 0.0935. The van der Waals surface area contributed by atoms with Gasteiger partial charge in [0.15, 0.2) is 0 Å². The Kier molecular flexibility index (Phi) is 3.54. The molecule has 0 aliphatic rings. The molecule has 3 rings (SSSR count). The van der Waals surface area contributed by atoms with Crippen LogP contribution in [0, 0.1) is 11.3 Å². The molecule has 0 saturated carbocycles. The molecule has 3 heterocycles. The Labute approximate surface area is 121 Å². The molecule has 0 aliphatic heterocycles. The number of hydrogen-bond donors (Lipinski definition) is 1. The van der Waals surface area contributed by atoms with Gasteiger partial charge in [0, 0.05) is 18.0 Å². The molecule has 3 aromatic rings. The van der Waals surface area contributed by atoms with Crippen LogP contribution in [-0.4, -0.2) is 14.5 Å².